The summed E-state index contributed by atoms with van der Waals surface area (Å²) in [6.45, 7) is 5.95. The SMILES string of the molecule is CNCc1cc(S(=O)(=O)N2CC(C)C(C)C2)ccc1OC. The first-order valence-electron chi connectivity index (χ1n) is 7.21. The highest BCUT2D eigenvalue weighted by molar-refractivity contribution is 7.89. The van der Waals surface area contributed by atoms with Gasteiger partial charge in [-0.15, -0.1) is 0 Å². The molecule has 0 saturated carbocycles. The van der Waals surface area contributed by atoms with Crippen molar-refractivity contribution in [2.75, 3.05) is 27.2 Å². The lowest BCUT2D eigenvalue weighted by atomic mass is 10.0. The third-order valence-electron chi connectivity index (χ3n) is 4.21. The largest absolute Gasteiger partial charge is 0.496 e. The van der Waals surface area contributed by atoms with Crippen LogP contribution in [-0.2, 0) is 16.6 Å². The second-order valence-electron chi connectivity index (χ2n) is 5.78. The van der Waals surface area contributed by atoms with Crippen LogP contribution in [0.1, 0.15) is 19.4 Å². The molecule has 0 radical (unpaired) electrons. The van der Waals surface area contributed by atoms with Crippen LogP contribution in [-0.4, -0.2) is 40.0 Å². The molecule has 1 N–H and O–H groups in total. The molecule has 1 aromatic carbocycles. The third kappa shape index (κ3) is 3.22. The average molecular weight is 312 g/mol. The van der Waals surface area contributed by atoms with Crippen LogP contribution in [0, 0.1) is 11.8 Å². The van der Waals surface area contributed by atoms with E-state index in [9.17, 15) is 8.42 Å². The fourth-order valence-electron chi connectivity index (χ4n) is 2.67. The molecule has 0 bridgehead atoms. The van der Waals surface area contributed by atoms with Crippen LogP contribution in [0.2, 0.25) is 0 Å². The highest BCUT2D eigenvalue weighted by atomic mass is 32.2. The van der Waals surface area contributed by atoms with Gasteiger partial charge in [-0.3, -0.25) is 0 Å². The van der Waals surface area contributed by atoms with Crippen molar-refractivity contribution < 1.29 is 13.2 Å². The number of hydrogen-bond acceptors (Lipinski definition) is 4. The predicted molar refractivity (Wildman–Crippen MR) is 82.8 cm³/mol. The maximum Gasteiger partial charge on any atom is 0.243 e. The minimum absolute atomic E-state index is 0.342. The van der Waals surface area contributed by atoms with Gasteiger partial charge in [-0.25, -0.2) is 8.42 Å². The molecule has 118 valence electrons. The van der Waals surface area contributed by atoms with Gasteiger partial charge in [0, 0.05) is 25.2 Å². The highest BCUT2D eigenvalue weighted by Gasteiger charge is 2.35. The Labute approximate surface area is 127 Å². The van der Waals surface area contributed by atoms with E-state index in [1.807, 2.05) is 7.05 Å². The lowest BCUT2D eigenvalue weighted by Crippen LogP contribution is -2.29. The van der Waals surface area contributed by atoms with Gasteiger partial charge in [0.25, 0.3) is 0 Å². The van der Waals surface area contributed by atoms with Gasteiger partial charge in [0.05, 0.1) is 12.0 Å². The van der Waals surface area contributed by atoms with Gasteiger partial charge < -0.3 is 10.1 Å². The summed E-state index contributed by atoms with van der Waals surface area (Å²) in [6.07, 6.45) is 0. The van der Waals surface area contributed by atoms with Crippen LogP contribution in [0.3, 0.4) is 0 Å². The summed E-state index contributed by atoms with van der Waals surface area (Å²) in [4.78, 5) is 0.342. The standard InChI is InChI=1S/C15H24N2O3S/c1-11-9-17(10-12(11)2)21(18,19)14-5-6-15(20-4)13(7-14)8-16-3/h5-7,11-12,16H,8-10H2,1-4H3. The van der Waals surface area contributed by atoms with Crippen LogP contribution in [0.4, 0.5) is 0 Å². The van der Waals surface area contributed by atoms with Crippen molar-refractivity contribution in [3.63, 3.8) is 0 Å². The number of methoxy groups -OCH3 is 1. The molecule has 1 aliphatic heterocycles. The second kappa shape index (κ2) is 6.34. The quantitative estimate of drug-likeness (QED) is 0.899. The average Bonchev–Trinajstić information content (AvgIpc) is 2.80. The van der Waals surface area contributed by atoms with Crippen molar-refractivity contribution in [2.24, 2.45) is 11.8 Å². The number of ether oxygens (including phenoxy) is 1. The Morgan fingerprint density at radius 2 is 1.90 bits per heavy atom. The molecule has 1 aromatic rings. The molecular weight excluding hydrogens is 288 g/mol. The highest BCUT2D eigenvalue weighted by Crippen LogP contribution is 2.30. The number of sulfonamides is 1. The molecule has 0 aliphatic carbocycles. The molecule has 2 rings (SSSR count). The zero-order valence-electron chi connectivity index (χ0n) is 13.1. The third-order valence-corrected chi connectivity index (χ3v) is 6.04. The molecule has 1 saturated heterocycles. The number of benzene rings is 1. The fourth-order valence-corrected chi connectivity index (χ4v) is 4.36. The Morgan fingerprint density at radius 1 is 1.29 bits per heavy atom. The molecule has 0 amide bonds. The summed E-state index contributed by atoms with van der Waals surface area (Å²) in [5, 5.41) is 3.03. The summed E-state index contributed by atoms with van der Waals surface area (Å²) in [6, 6.07) is 5.06. The topological polar surface area (TPSA) is 58.6 Å². The zero-order chi connectivity index (χ0) is 15.6. The van der Waals surface area contributed by atoms with E-state index in [2.05, 4.69) is 19.2 Å². The smallest absolute Gasteiger partial charge is 0.243 e. The maximum atomic E-state index is 12.7. The van der Waals surface area contributed by atoms with Crippen molar-refractivity contribution in [3.8, 4) is 5.75 Å². The maximum absolute atomic E-state index is 12.7. The Balaban J connectivity index is 2.34. The van der Waals surface area contributed by atoms with Gasteiger partial charge in [-0.1, -0.05) is 13.8 Å². The van der Waals surface area contributed by atoms with Crippen molar-refractivity contribution in [1.29, 1.82) is 0 Å². The fraction of sp³-hybridized carbons (Fsp3) is 0.600. The zero-order valence-corrected chi connectivity index (χ0v) is 13.9. The van der Waals surface area contributed by atoms with Gasteiger partial charge in [0.15, 0.2) is 0 Å². The minimum Gasteiger partial charge on any atom is -0.496 e. The van der Waals surface area contributed by atoms with Gasteiger partial charge in [0.2, 0.25) is 10.0 Å². The summed E-state index contributed by atoms with van der Waals surface area (Å²) in [5.74, 6) is 1.50. The van der Waals surface area contributed by atoms with E-state index in [-0.39, 0.29) is 0 Å². The van der Waals surface area contributed by atoms with Crippen molar-refractivity contribution in [2.45, 2.75) is 25.3 Å². The van der Waals surface area contributed by atoms with Crippen LogP contribution < -0.4 is 10.1 Å². The van der Waals surface area contributed by atoms with E-state index in [4.69, 9.17) is 4.74 Å². The first-order chi connectivity index (χ1) is 9.90. The molecule has 0 spiro atoms. The Bertz CT molecular complexity index is 591. The summed E-state index contributed by atoms with van der Waals surface area (Å²) in [5.41, 5.74) is 0.848. The monoisotopic (exact) mass is 312 g/mol. The first-order valence-corrected chi connectivity index (χ1v) is 8.65. The first kappa shape index (κ1) is 16.3. The van der Waals surface area contributed by atoms with E-state index in [1.165, 1.54) is 0 Å². The van der Waals surface area contributed by atoms with Crippen LogP contribution in [0.25, 0.3) is 0 Å². The van der Waals surface area contributed by atoms with E-state index in [0.29, 0.717) is 42.1 Å². The number of nitrogens with zero attached hydrogens (tertiary/aromatic N) is 1. The molecule has 5 nitrogen and oxygen atoms in total. The summed E-state index contributed by atoms with van der Waals surface area (Å²) >= 11 is 0. The summed E-state index contributed by atoms with van der Waals surface area (Å²) < 4.78 is 32.4. The van der Waals surface area contributed by atoms with E-state index in [0.717, 1.165) is 5.56 Å². The van der Waals surface area contributed by atoms with Crippen molar-refractivity contribution >= 4 is 10.0 Å². The molecule has 2 unspecified atom stereocenters. The van der Waals surface area contributed by atoms with Gasteiger partial charge in [-0.2, -0.15) is 4.31 Å². The predicted octanol–water partition coefficient (Wildman–Crippen LogP) is 1.69. The number of rotatable bonds is 5. The molecule has 21 heavy (non-hydrogen) atoms. The van der Waals surface area contributed by atoms with Gasteiger partial charge >= 0.3 is 0 Å². The summed E-state index contributed by atoms with van der Waals surface area (Å²) in [7, 11) is -0.00670. The molecule has 0 aromatic heterocycles. The molecule has 1 heterocycles. The normalized spacial score (nSPS) is 23.4. The van der Waals surface area contributed by atoms with Crippen molar-refractivity contribution in [3.05, 3.63) is 23.8 Å². The van der Waals surface area contributed by atoms with Gasteiger partial charge in [0.1, 0.15) is 5.75 Å². The lowest BCUT2D eigenvalue weighted by Gasteiger charge is -2.18. The Hall–Kier alpha value is -1.11. The van der Waals surface area contributed by atoms with E-state index in [1.54, 1.807) is 29.6 Å². The molecule has 1 aliphatic rings. The Kier molecular flexibility index (Phi) is 4.91. The van der Waals surface area contributed by atoms with Crippen LogP contribution >= 0.6 is 0 Å². The molecule has 6 heteroatoms. The number of nitrogens with one attached hydrogen (secondary N) is 1. The molecule has 1 fully saturated rings. The van der Waals surface area contributed by atoms with Crippen molar-refractivity contribution in [1.82, 2.24) is 9.62 Å². The Morgan fingerprint density at radius 3 is 2.43 bits per heavy atom. The van der Waals surface area contributed by atoms with E-state index < -0.39 is 10.0 Å². The van der Waals surface area contributed by atoms with Crippen LogP contribution in [0.15, 0.2) is 23.1 Å². The van der Waals surface area contributed by atoms with E-state index >= 15 is 0 Å². The molecular formula is C15H24N2O3S. The van der Waals surface area contributed by atoms with Gasteiger partial charge in [-0.05, 0) is 37.1 Å². The van der Waals surface area contributed by atoms with Crippen LogP contribution in [0.5, 0.6) is 5.75 Å². The lowest BCUT2D eigenvalue weighted by molar-refractivity contribution is 0.407. The molecule has 2 atom stereocenters. The number of hydrogen-bond donors (Lipinski definition) is 1. The second-order valence-corrected chi connectivity index (χ2v) is 7.72. The minimum atomic E-state index is -3.42.